The lowest BCUT2D eigenvalue weighted by Gasteiger charge is -1.99. The molecule has 0 unspecified atom stereocenters. The van der Waals surface area contributed by atoms with Gasteiger partial charge < -0.3 is 0 Å². The van der Waals surface area contributed by atoms with Crippen molar-refractivity contribution in [3.05, 3.63) is 40.5 Å². The summed E-state index contributed by atoms with van der Waals surface area (Å²) in [6.45, 7) is 0. The van der Waals surface area contributed by atoms with E-state index < -0.39 is 5.24 Å². The Kier molecular flexibility index (Phi) is 2.52. The Balaban J connectivity index is 2.67. The number of carbonyl (C=O) groups is 1. The molecule has 0 amide bonds. The van der Waals surface area contributed by atoms with Gasteiger partial charge in [-0.25, -0.2) is 4.98 Å². The molecular formula is C10H5BrClNO. The molecule has 14 heavy (non-hydrogen) atoms. The lowest BCUT2D eigenvalue weighted by atomic mass is 10.2. The summed E-state index contributed by atoms with van der Waals surface area (Å²) < 4.78 is 0.983. The summed E-state index contributed by atoms with van der Waals surface area (Å²) in [6.07, 6.45) is 0. The predicted molar refractivity (Wildman–Crippen MR) is 59.6 cm³/mol. The third-order valence-electron chi connectivity index (χ3n) is 1.85. The van der Waals surface area contributed by atoms with Gasteiger partial charge in [-0.05, 0) is 35.9 Å². The van der Waals surface area contributed by atoms with E-state index in [0.29, 0.717) is 0 Å². The van der Waals surface area contributed by atoms with E-state index in [0.717, 1.165) is 15.4 Å². The van der Waals surface area contributed by atoms with E-state index in [-0.39, 0.29) is 5.69 Å². The number of fused-ring (bicyclic) bond motifs is 1. The van der Waals surface area contributed by atoms with Crippen LogP contribution in [-0.2, 0) is 0 Å². The smallest absolute Gasteiger partial charge is 0.270 e. The van der Waals surface area contributed by atoms with Gasteiger partial charge in [0.05, 0.1) is 5.52 Å². The van der Waals surface area contributed by atoms with Crippen molar-refractivity contribution in [1.29, 1.82) is 0 Å². The maximum Gasteiger partial charge on any atom is 0.270 e. The third kappa shape index (κ3) is 1.79. The van der Waals surface area contributed by atoms with Crippen molar-refractivity contribution in [2.24, 2.45) is 0 Å². The second-order valence-electron chi connectivity index (χ2n) is 2.81. The highest BCUT2D eigenvalue weighted by atomic mass is 79.9. The number of benzene rings is 1. The standard InChI is InChI=1S/C10H5BrClNO/c11-7-2-4-8-6(5-7)1-3-9(13-8)10(12)14/h1-5H. The van der Waals surface area contributed by atoms with E-state index in [1.165, 1.54) is 0 Å². The Bertz CT molecular complexity index is 512. The van der Waals surface area contributed by atoms with Gasteiger partial charge in [-0.3, -0.25) is 4.79 Å². The Labute approximate surface area is 94.0 Å². The van der Waals surface area contributed by atoms with Crippen LogP contribution in [-0.4, -0.2) is 10.2 Å². The molecule has 0 saturated heterocycles. The van der Waals surface area contributed by atoms with Gasteiger partial charge in [0.2, 0.25) is 0 Å². The van der Waals surface area contributed by atoms with Crippen molar-refractivity contribution in [3.8, 4) is 0 Å². The molecule has 0 spiro atoms. The van der Waals surface area contributed by atoms with Crippen LogP contribution in [0.4, 0.5) is 0 Å². The number of hydrogen-bond donors (Lipinski definition) is 0. The molecule has 0 saturated carbocycles. The normalized spacial score (nSPS) is 10.4. The molecule has 4 heteroatoms. The minimum absolute atomic E-state index is 0.279. The first-order chi connectivity index (χ1) is 6.66. The maximum atomic E-state index is 10.8. The molecule has 2 aromatic rings. The zero-order chi connectivity index (χ0) is 10.1. The van der Waals surface area contributed by atoms with E-state index in [1.807, 2.05) is 24.3 Å². The Morgan fingerprint density at radius 3 is 2.79 bits per heavy atom. The molecule has 2 rings (SSSR count). The summed E-state index contributed by atoms with van der Waals surface area (Å²) in [5.74, 6) is 0. The number of halogens is 2. The van der Waals surface area contributed by atoms with E-state index >= 15 is 0 Å². The molecule has 2 nitrogen and oxygen atoms in total. The molecule has 1 heterocycles. The number of nitrogens with zero attached hydrogens (tertiary/aromatic N) is 1. The summed E-state index contributed by atoms with van der Waals surface area (Å²) in [5.41, 5.74) is 1.04. The van der Waals surface area contributed by atoms with Crippen LogP contribution in [0.25, 0.3) is 10.9 Å². The highest BCUT2D eigenvalue weighted by Crippen LogP contribution is 2.18. The number of pyridine rings is 1. The number of rotatable bonds is 1. The van der Waals surface area contributed by atoms with Gasteiger partial charge in [-0.1, -0.05) is 22.0 Å². The van der Waals surface area contributed by atoms with Gasteiger partial charge in [0, 0.05) is 9.86 Å². The fourth-order valence-electron chi connectivity index (χ4n) is 1.21. The Hall–Kier alpha value is -0.930. The van der Waals surface area contributed by atoms with Crippen LogP contribution in [0.1, 0.15) is 10.5 Å². The average molecular weight is 271 g/mol. The summed E-state index contributed by atoms with van der Waals surface area (Å²) in [7, 11) is 0. The molecule has 1 aromatic heterocycles. The molecule has 0 aliphatic heterocycles. The fraction of sp³-hybridized carbons (Fsp3) is 0. The Morgan fingerprint density at radius 1 is 1.29 bits per heavy atom. The van der Waals surface area contributed by atoms with Gasteiger partial charge >= 0.3 is 0 Å². The fourth-order valence-corrected chi connectivity index (χ4v) is 1.69. The first-order valence-corrected chi connectivity index (χ1v) is 5.10. The summed E-state index contributed by atoms with van der Waals surface area (Å²) in [5, 5.41) is 0.441. The maximum absolute atomic E-state index is 10.8. The van der Waals surface area contributed by atoms with Gasteiger partial charge in [-0.2, -0.15) is 0 Å². The monoisotopic (exact) mass is 269 g/mol. The van der Waals surface area contributed by atoms with Crippen LogP contribution in [0.5, 0.6) is 0 Å². The lowest BCUT2D eigenvalue weighted by Crippen LogP contribution is -1.93. The van der Waals surface area contributed by atoms with Gasteiger partial charge in [-0.15, -0.1) is 0 Å². The van der Waals surface area contributed by atoms with Crippen LogP contribution >= 0.6 is 27.5 Å². The van der Waals surface area contributed by atoms with Crippen LogP contribution in [0, 0.1) is 0 Å². The zero-order valence-corrected chi connectivity index (χ0v) is 9.34. The van der Waals surface area contributed by atoms with E-state index in [4.69, 9.17) is 11.6 Å². The largest absolute Gasteiger partial charge is 0.274 e. The van der Waals surface area contributed by atoms with Crippen molar-refractivity contribution < 1.29 is 4.79 Å². The minimum atomic E-state index is -0.533. The zero-order valence-electron chi connectivity index (χ0n) is 7.00. The molecule has 1 aromatic carbocycles. The quantitative estimate of drug-likeness (QED) is 0.744. The Morgan fingerprint density at radius 2 is 2.07 bits per heavy atom. The molecule has 0 aliphatic rings. The molecule has 0 aliphatic carbocycles. The van der Waals surface area contributed by atoms with Crippen LogP contribution in [0.15, 0.2) is 34.8 Å². The first-order valence-electron chi connectivity index (χ1n) is 3.93. The second kappa shape index (κ2) is 3.67. The molecule has 0 atom stereocenters. The average Bonchev–Trinajstić information content (AvgIpc) is 2.16. The summed E-state index contributed by atoms with van der Waals surface area (Å²) >= 11 is 8.68. The van der Waals surface area contributed by atoms with Crippen molar-refractivity contribution in [1.82, 2.24) is 4.98 Å². The molecule has 0 bridgehead atoms. The van der Waals surface area contributed by atoms with E-state index in [1.54, 1.807) is 6.07 Å². The SMILES string of the molecule is O=C(Cl)c1ccc2cc(Br)ccc2n1. The van der Waals surface area contributed by atoms with Gasteiger partial charge in [0.15, 0.2) is 0 Å². The van der Waals surface area contributed by atoms with Crippen LogP contribution in [0.2, 0.25) is 0 Å². The minimum Gasteiger partial charge on any atom is -0.274 e. The predicted octanol–water partition coefficient (Wildman–Crippen LogP) is 3.38. The molecule has 70 valence electrons. The van der Waals surface area contributed by atoms with Crippen molar-refractivity contribution >= 4 is 43.7 Å². The van der Waals surface area contributed by atoms with Crippen LogP contribution in [0.3, 0.4) is 0 Å². The first kappa shape index (κ1) is 9.62. The van der Waals surface area contributed by atoms with Gasteiger partial charge in [0.25, 0.3) is 5.24 Å². The highest BCUT2D eigenvalue weighted by molar-refractivity contribution is 9.10. The molecule has 0 radical (unpaired) electrons. The highest BCUT2D eigenvalue weighted by Gasteiger charge is 2.04. The lowest BCUT2D eigenvalue weighted by molar-refractivity contribution is 0.107. The van der Waals surface area contributed by atoms with Crippen molar-refractivity contribution in [2.75, 3.05) is 0 Å². The van der Waals surface area contributed by atoms with E-state index in [9.17, 15) is 4.79 Å². The van der Waals surface area contributed by atoms with Crippen molar-refractivity contribution in [3.63, 3.8) is 0 Å². The van der Waals surface area contributed by atoms with Gasteiger partial charge in [0.1, 0.15) is 5.69 Å². The van der Waals surface area contributed by atoms with Crippen molar-refractivity contribution in [2.45, 2.75) is 0 Å². The molecule has 0 fully saturated rings. The number of hydrogen-bond acceptors (Lipinski definition) is 2. The molecular weight excluding hydrogens is 265 g/mol. The number of carbonyl (C=O) groups excluding carboxylic acids is 1. The summed E-state index contributed by atoms with van der Waals surface area (Å²) in [6, 6.07) is 9.08. The van der Waals surface area contributed by atoms with Crippen LogP contribution < -0.4 is 0 Å². The summed E-state index contributed by atoms with van der Waals surface area (Å²) in [4.78, 5) is 15.0. The third-order valence-corrected chi connectivity index (χ3v) is 2.54. The second-order valence-corrected chi connectivity index (χ2v) is 4.07. The molecule has 0 N–H and O–H groups in total. The topological polar surface area (TPSA) is 30.0 Å². The number of aromatic nitrogens is 1. The van der Waals surface area contributed by atoms with E-state index in [2.05, 4.69) is 20.9 Å².